The molecule has 1 N–H and O–H groups in total. The Morgan fingerprint density at radius 1 is 1.17 bits per heavy atom. The number of H-pyrrole nitrogens is 1. The molecule has 0 bridgehead atoms. The van der Waals surface area contributed by atoms with Crippen molar-refractivity contribution in [3.05, 3.63) is 64.2 Å². The van der Waals surface area contributed by atoms with Crippen LogP contribution in [-0.2, 0) is 0 Å². The first-order valence-corrected chi connectivity index (χ1v) is 8.58. The third-order valence-electron chi connectivity index (χ3n) is 3.26. The molecule has 118 valence electrons. The lowest BCUT2D eigenvalue weighted by Crippen LogP contribution is -2.10. The van der Waals surface area contributed by atoms with Crippen LogP contribution in [0.15, 0.2) is 58.5 Å². The highest BCUT2D eigenvalue weighted by Gasteiger charge is 2.03. The van der Waals surface area contributed by atoms with Crippen LogP contribution in [0.3, 0.4) is 0 Å². The van der Waals surface area contributed by atoms with Crippen molar-refractivity contribution in [1.29, 1.82) is 0 Å². The summed E-state index contributed by atoms with van der Waals surface area (Å²) in [6, 6.07) is 14.3. The second-order valence-corrected chi connectivity index (χ2v) is 6.44. The number of hydrogen-bond donors (Lipinski definition) is 1. The average Bonchev–Trinajstić information content (AvgIpc) is 2.57. The maximum Gasteiger partial charge on any atom is 0.345 e. The molecule has 0 fully saturated rings. The van der Waals surface area contributed by atoms with E-state index in [-0.39, 0.29) is 5.69 Å². The number of aromatic nitrogens is 2. The van der Waals surface area contributed by atoms with Crippen molar-refractivity contribution in [2.24, 2.45) is 0 Å². The van der Waals surface area contributed by atoms with Gasteiger partial charge in [-0.3, -0.25) is 4.98 Å². The summed E-state index contributed by atoms with van der Waals surface area (Å²) in [4.78, 5) is 17.4. The number of nitrogens with zero attached hydrogens (tertiary/aromatic N) is 1. The van der Waals surface area contributed by atoms with E-state index in [1.54, 1.807) is 0 Å². The summed E-state index contributed by atoms with van der Waals surface area (Å²) in [7, 11) is 0. The number of aromatic amines is 1. The first kappa shape index (κ1) is 15.9. The Balaban J connectivity index is 1.49. The summed E-state index contributed by atoms with van der Waals surface area (Å²) in [6.07, 6.45) is 2.21. The van der Waals surface area contributed by atoms with Crippen molar-refractivity contribution < 1.29 is 4.74 Å². The molecule has 0 aliphatic carbocycles. The second kappa shape index (κ2) is 7.53. The summed E-state index contributed by atoms with van der Waals surface area (Å²) < 4.78 is 5.78. The molecule has 0 spiro atoms. The molecule has 0 saturated heterocycles. The van der Waals surface area contributed by atoms with Crippen molar-refractivity contribution in [2.45, 2.75) is 11.4 Å². The number of fused-ring (bicyclic) bond motifs is 1. The maximum atomic E-state index is 11.2. The fourth-order valence-corrected chi connectivity index (χ4v) is 3.22. The molecule has 0 aliphatic rings. The molecule has 1 aromatic heterocycles. The third kappa shape index (κ3) is 4.27. The van der Waals surface area contributed by atoms with E-state index in [2.05, 4.69) is 28.2 Å². The van der Waals surface area contributed by atoms with E-state index in [9.17, 15) is 4.79 Å². The van der Waals surface area contributed by atoms with Gasteiger partial charge in [0, 0.05) is 5.75 Å². The highest BCUT2D eigenvalue weighted by molar-refractivity contribution is 7.99. The van der Waals surface area contributed by atoms with Crippen LogP contribution < -0.4 is 10.4 Å². The number of thioether (sulfide) groups is 1. The van der Waals surface area contributed by atoms with Gasteiger partial charge >= 0.3 is 5.69 Å². The Morgan fingerprint density at radius 2 is 2.00 bits per heavy atom. The number of halogens is 1. The minimum atomic E-state index is -0.385. The lowest BCUT2D eigenvalue weighted by Gasteiger charge is -2.07. The number of ether oxygens (including phenoxy) is 1. The van der Waals surface area contributed by atoms with Gasteiger partial charge in [-0.15, -0.1) is 11.8 Å². The van der Waals surface area contributed by atoms with Crippen LogP contribution in [0.4, 0.5) is 0 Å². The van der Waals surface area contributed by atoms with Crippen LogP contribution in [0.2, 0.25) is 5.02 Å². The number of nitrogens with one attached hydrogen (secondary N) is 1. The topological polar surface area (TPSA) is 55.0 Å². The van der Waals surface area contributed by atoms with Gasteiger partial charge in [-0.1, -0.05) is 41.9 Å². The zero-order valence-electron chi connectivity index (χ0n) is 12.3. The Bertz CT molecular complexity index is 866. The Kier molecular flexibility index (Phi) is 5.20. The van der Waals surface area contributed by atoms with Gasteiger partial charge < -0.3 is 4.74 Å². The highest BCUT2D eigenvalue weighted by Crippen LogP contribution is 2.24. The molecule has 6 heteroatoms. The summed E-state index contributed by atoms with van der Waals surface area (Å²) in [5.41, 5.74) is -0.385. The van der Waals surface area contributed by atoms with Crippen molar-refractivity contribution in [2.75, 3.05) is 12.4 Å². The average molecular weight is 347 g/mol. The first-order chi connectivity index (χ1) is 11.2. The second-order valence-electron chi connectivity index (χ2n) is 4.92. The Morgan fingerprint density at radius 3 is 2.87 bits per heavy atom. The molecule has 4 nitrogen and oxygen atoms in total. The molecule has 23 heavy (non-hydrogen) atoms. The summed E-state index contributed by atoms with van der Waals surface area (Å²) in [5.74, 6) is 1.66. The summed E-state index contributed by atoms with van der Waals surface area (Å²) in [6.45, 7) is 0.609. The molecule has 0 atom stereocenters. The van der Waals surface area contributed by atoms with E-state index in [1.165, 1.54) is 28.7 Å². The number of hydrogen-bond acceptors (Lipinski definition) is 4. The van der Waals surface area contributed by atoms with Crippen LogP contribution in [0, 0.1) is 0 Å². The normalized spacial score (nSPS) is 10.8. The Labute approximate surface area is 142 Å². The maximum absolute atomic E-state index is 11.2. The van der Waals surface area contributed by atoms with E-state index >= 15 is 0 Å². The van der Waals surface area contributed by atoms with Crippen LogP contribution in [0.1, 0.15) is 6.42 Å². The summed E-state index contributed by atoms with van der Waals surface area (Å²) in [5, 5.41) is 3.48. The van der Waals surface area contributed by atoms with E-state index in [0.29, 0.717) is 16.7 Å². The zero-order valence-corrected chi connectivity index (χ0v) is 13.9. The minimum absolute atomic E-state index is 0.385. The van der Waals surface area contributed by atoms with E-state index in [1.807, 2.05) is 24.3 Å². The first-order valence-electron chi connectivity index (χ1n) is 7.21. The molecule has 0 radical (unpaired) electrons. The van der Waals surface area contributed by atoms with Crippen molar-refractivity contribution in [3.63, 3.8) is 0 Å². The molecule has 1 heterocycles. The molecule has 0 saturated carbocycles. The number of rotatable bonds is 6. The van der Waals surface area contributed by atoms with Gasteiger partial charge in [-0.05, 0) is 29.3 Å². The lowest BCUT2D eigenvalue weighted by molar-refractivity contribution is 0.319. The van der Waals surface area contributed by atoms with E-state index in [4.69, 9.17) is 16.3 Å². The van der Waals surface area contributed by atoms with Gasteiger partial charge in [0.15, 0.2) is 0 Å². The zero-order chi connectivity index (χ0) is 16.1. The molecular formula is C17H15ClN2O2S. The predicted molar refractivity (Wildman–Crippen MR) is 94.7 cm³/mol. The lowest BCUT2D eigenvalue weighted by atomic mass is 10.1. The smallest absolute Gasteiger partial charge is 0.345 e. The van der Waals surface area contributed by atoms with Crippen LogP contribution >= 0.6 is 23.4 Å². The van der Waals surface area contributed by atoms with Gasteiger partial charge in [0.1, 0.15) is 5.75 Å². The Hall–Kier alpha value is -1.98. The van der Waals surface area contributed by atoms with E-state index < -0.39 is 0 Å². The van der Waals surface area contributed by atoms with Crippen molar-refractivity contribution in [3.8, 4) is 5.75 Å². The fourth-order valence-electron chi connectivity index (χ4n) is 2.15. The fraction of sp³-hybridized carbons (Fsp3) is 0.176. The third-order valence-corrected chi connectivity index (χ3v) is 4.76. The SMILES string of the molecule is O=c1ncc(Cl)c(SCCCOc2ccc3ccccc3c2)[nH]1. The molecule has 3 aromatic rings. The van der Waals surface area contributed by atoms with Crippen molar-refractivity contribution in [1.82, 2.24) is 9.97 Å². The molecular weight excluding hydrogens is 332 g/mol. The van der Waals surface area contributed by atoms with Gasteiger partial charge in [0.05, 0.1) is 22.9 Å². The largest absolute Gasteiger partial charge is 0.494 e. The molecule has 0 aliphatic heterocycles. The summed E-state index contributed by atoms with van der Waals surface area (Å²) >= 11 is 7.47. The molecule has 0 amide bonds. The van der Waals surface area contributed by atoms with Crippen LogP contribution in [-0.4, -0.2) is 22.3 Å². The van der Waals surface area contributed by atoms with Crippen molar-refractivity contribution >= 4 is 34.1 Å². The quantitative estimate of drug-likeness (QED) is 0.414. The predicted octanol–water partition coefficient (Wildman–Crippen LogP) is 4.14. The van der Waals surface area contributed by atoms with Gasteiger partial charge in [-0.25, -0.2) is 9.78 Å². The molecule has 3 rings (SSSR count). The molecule has 0 unspecified atom stereocenters. The minimum Gasteiger partial charge on any atom is -0.494 e. The molecule has 2 aromatic carbocycles. The van der Waals surface area contributed by atoms with Gasteiger partial charge in [0.25, 0.3) is 0 Å². The van der Waals surface area contributed by atoms with Crippen LogP contribution in [0.5, 0.6) is 5.75 Å². The highest BCUT2D eigenvalue weighted by atomic mass is 35.5. The standard InChI is InChI=1S/C17H15ClN2O2S/c18-15-11-19-17(21)20-16(15)23-9-3-8-22-14-7-6-12-4-1-2-5-13(12)10-14/h1-2,4-7,10-11H,3,8-9H2,(H,19,20,21). The van der Waals surface area contributed by atoms with Crippen LogP contribution in [0.25, 0.3) is 10.8 Å². The van der Waals surface area contributed by atoms with Gasteiger partial charge in [0.2, 0.25) is 0 Å². The van der Waals surface area contributed by atoms with Gasteiger partial charge in [-0.2, -0.15) is 0 Å². The monoisotopic (exact) mass is 346 g/mol. The number of benzene rings is 2. The van der Waals surface area contributed by atoms with E-state index in [0.717, 1.165) is 17.9 Å².